The van der Waals surface area contributed by atoms with Gasteiger partial charge in [0.25, 0.3) is 5.91 Å². The summed E-state index contributed by atoms with van der Waals surface area (Å²) in [4.78, 5) is 42.8. The summed E-state index contributed by atoms with van der Waals surface area (Å²) in [5, 5.41) is 14.2. The zero-order chi connectivity index (χ0) is 34.2. The summed E-state index contributed by atoms with van der Waals surface area (Å²) >= 11 is 0. The van der Waals surface area contributed by atoms with Crippen molar-refractivity contribution < 1.29 is 51.7 Å². The molecular formula is C31H50F3N3O8. The molecule has 14 heteroatoms. The van der Waals surface area contributed by atoms with Gasteiger partial charge in [-0.25, -0.2) is 4.79 Å². The molecule has 0 radical (unpaired) electrons. The predicted molar refractivity (Wildman–Crippen MR) is 161 cm³/mol. The number of amides is 2. The first-order chi connectivity index (χ1) is 21.1. The summed E-state index contributed by atoms with van der Waals surface area (Å²) in [7, 11) is 1.44. The molecule has 4 N–H and O–H groups in total. The number of benzene rings is 1. The van der Waals surface area contributed by atoms with Crippen molar-refractivity contribution >= 4 is 17.8 Å². The third kappa shape index (κ3) is 14.4. The molecule has 0 bridgehead atoms. The molecule has 0 unspecified atom stereocenters. The Morgan fingerprint density at radius 3 is 2.29 bits per heavy atom. The number of carbonyl (C=O) groups is 3. The second-order valence-electron chi connectivity index (χ2n) is 11.6. The zero-order valence-corrected chi connectivity index (χ0v) is 27.1. The Morgan fingerprint density at radius 1 is 1.04 bits per heavy atom. The van der Waals surface area contributed by atoms with Crippen LogP contribution in [-0.2, 0) is 23.9 Å². The maximum absolute atomic E-state index is 13.6. The Morgan fingerprint density at radius 2 is 1.71 bits per heavy atom. The van der Waals surface area contributed by atoms with Crippen LogP contribution in [0.5, 0.6) is 5.75 Å². The van der Waals surface area contributed by atoms with Crippen molar-refractivity contribution in [2.45, 2.75) is 78.6 Å². The molecule has 258 valence electrons. The maximum Gasteiger partial charge on any atom is 0.493 e. The number of aliphatic hydroxyl groups excluding tert-OH is 1. The Bertz CT molecular complexity index is 1040. The predicted octanol–water partition coefficient (Wildman–Crippen LogP) is 4.08. The smallest absolute Gasteiger partial charge is 0.490 e. The lowest BCUT2D eigenvalue weighted by molar-refractivity contribution is -0.230. The monoisotopic (exact) mass is 649 g/mol. The number of nitrogens with one attached hydrogen (secondary N) is 1. The van der Waals surface area contributed by atoms with Crippen molar-refractivity contribution in [3.63, 3.8) is 0 Å². The molecule has 45 heavy (non-hydrogen) atoms. The largest absolute Gasteiger partial charge is 0.493 e. The van der Waals surface area contributed by atoms with Crippen LogP contribution in [0.1, 0.15) is 70.7 Å². The molecule has 0 aliphatic heterocycles. The minimum absolute atomic E-state index is 0.00531. The third-order valence-corrected chi connectivity index (χ3v) is 7.33. The number of nitrogens with zero attached hydrogens (tertiary/aromatic N) is 1. The molecule has 0 saturated carbocycles. The van der Waals surface area contributed by atoms with E-state index in [4.69, 9.17) is 19.9 Å². The van der Waals surface area contributed by atoms with Crippen LogP contribution in [0.25, 0.3) is 0 Å². The van der Waals surface area contributed by atoms with Crippen molar-refractivity contribution in [3.05, 3.63) is 29.8 Å². The number of hydrogen-bond acceptors (Lipinski definition) is 9. The second-order valence-corrected chi connectivity index (χ2v) is 11.6. The second kappa shape index (κ2) is 20.2. The third-order valence-electron chi connectivity index (χ3n) is 7.33. The Kier molecular flexibility index (Phi) is 18.0. The molecule has 1 rings (SSSR count). The molecule has 1 aromatic rings. The van der Waals surface area contributed by atoms with Gasteiger partial charge in [0, 0.05) is 25.6 Å². The van der Waals surface area contributed by atoms with Crippen LogP contribution in [-0.4, -0.2) is 86.5 Å². The molecule has 1 aromatic carbocycles. The van der Waals surface area contributed by atoms with Crippen LogP contribution < -0.4 is 15.8 Å². The number of nitrogens with two attached hydrogens (primary N) is 1. The minimum atomic E-state index is -5.36. The van der Waals surface area contributed by atoms with Gasteiger partial charge in [0.2, 0.25) is 5.91 Å². The number of hydroxylamine groups is 2. The molecule has 0 aromatic heterocycles. The Labute approximate surface area is 263 Å². The fourth-order valence-corrected chi connectivity index (χ4v) is 4.48. The van der Waals surface area contributed by atoms with E-state index in [1.54, 1.807) is 19.9 Å². The van der Waals surface area contributed by atoms with Crippen LogP contribution >= 0.6 is 0 Å². The number of alkyl halides is 3. The lowest BCUT2D eigenvalue weighted by atomic mass is 9.83. The normalized spacial score (nSPS) is 14.5. The highest BCUT2D eigenvalue weighted by Crippen LogP contribution is 2.27. The van der Waals surface area contributed by atoms with Gasteiger partial charge in [-0.15, -0.1) is 0 Å². The van der Waals surface area contributed by atoms with Gasteiger partial charge < -0.3 is 35.2 Å². The minimum Gasteiger partial charge on any atom is -0.490 e. The summed E-state index contributed by atoms with van der Waals surface area (Å²) in [6.45, 7) is 9.48. The van der Waals surface area contributed by atoms with Gasteiger partial charge in [0.1, 0.15) is 19.1 Å². The molecule has 0 aliphatic carbocycles. The number of methoxy groups -OCH3 is 1. The molecular weight excluding hydrogens is 599 g/mol. The van der Waals surface area contributed by atoms with E-state index in [0.717, 1.165) is 12.8 Å². The maximum atomic E-state index is 13.6. The Balaban J connectivity index is 3.17. The number of unbranched alkanes of at least 4 members (excludes halogenated alkanes) is 1. The van der Waals surface area contributed by atoms with Crippen LogP contribution in [0.4, 0.5) is 13.2 Å². The first-order valence-electron chi connectivity index (χ1n) is 15.2. The standard InChI is InChI=1S/C31H50F3N3O8/c1-7-8-13-36-28(39)24(21(4)5)17-26(38)25(35)16-22(20(2)3)18-37(45-30(41)31(32,33)34)29(40)23-11-9-10-12-27(23)44-15-14-43-19-42-6/h9-12,20-22,24-26,38H,7-8,13-19,35H2,1-6H3,(H,36,39)/t22-,24+,25+,26+/m1/s1. The van der Waals surface area contributed by atoms with E-state index < -0.39 is 48.6 Å². The van der Waals surface area contributed by atoms with Crippen molar-refractivity contribution in [1.82, 2.24) is 10.4 Å². The quantitative estimate of drug-likeness (QED) is 0.108. The molecule has 11 nitrogen and oxygen atoms in total. The highest BCUT2D eigenvalue weighted by Gasteiger charge is 2.44. The van der Waals surface area contributed by atoms with Crippen molar-refractivity contribution in [2.75, 3.05) is 40.2 Å². The molecule has 2 amide bonds. The highest BCUT2D eigenvalue weighted by atomic mass is 19.4. The molecule has 0 heterocycles. The average Bonchev–Trinajstić information content (AvgIpc) is 2.97. The average molecular weight is 650 g/mol. The highest BCUT2D eigenvalue weighted by molar-refractivity contribution is 5.97. The van der Waals surface area contributed by atoms with Gasteiger partial charge >= 0.3 is 12.1 Å². The van der Waals surface area contributed by atoms with Gasteiger partial charge in [-0.1, -0.05) is 53.2 Å². The number of hydrogen-bond donors (Lipinski definition) is 3. The number of carbonyl (C=O) groups excluding carboxylic acids is 3. The molecule has 0 fully saturated rings. The SMILES string of the molecule is CCCCNC(=O)[C@@H](C[C@H](O)[C@@H](N)C[C@H](CN(OC(=O)C(F)(F)F)C(=O)c1ccccc1OCCOCOC)C(C)C)C(C)C. The van der Waals surface area contributed by atoms with E-state index in [9.17, 15) is 32.7 Å². The number of para-hydroxylation sites is 1. The van der Waals surface area contributed by atoms with Crippen LogP contribution in [0.15, 0.2) is 24.3 Å². The van der Waals surface area contributed by atoms with E-state index in [1.807, 2.05) is 20.8 Å². The fourth-order valence-electron chi connectivity index (χ4n) is 4.48. The summed E-state index contributed by atoms with van der Waals surface area (Å²) < 4.78 is 55.3. The number of ether oxygens (including phenoxy) is 3. The summed E-state index contributed by atoms with van der Waals surface area (Å²) in [5.74, 6) is -5.21. The topological polar surface area (TPSA) is 150 Å². The van der Waals surface area contributed by atoms with Crippen LogP contribution in [0.2, 0.25) is 0 Å². The van der Waals surface area contributed by atoms with Gasteiger partial charge in [0.15, 0.2) is 0 Å². The summed E-state index contributed by atoms with van der Waals surface area (Å²) in [6.07, 6.45) is -4.61. The van der Waals surface area contributed by atoms with Crippen molar-refractivity contribution in [2.24, 2.45) is 29.4 Å². The lowest BCUT2D eigenvalue weighted by Gasteiger charge is -2.32. The van der Waals surface area contributed by atoms with Crippen molar-refractivity contribution in [1.29, 1.82) is 0 Å². The van der Waals surface area contributed by atoms with Gasteiger partial charge in [0.05, 0.1) is 24.8 Å². The Hall–Kier alpha value is -2.94. The van der Waals surface area contributed by atoms with Crippen LogP contribution in [0, 0.1) is 23.7 Å². The first-order valence-corrected chi connectivity index (χ1v) is 15.2. The van der Waals surface area contributed by atoms with E-state index in [0.29, 0.717) is 11.6 Å². The molecule has 0 aliphatic rings. The van der Waals surface area contributed by atoms with E-state index in [2.05, 4.69) is 10.2 Å². The summed E-state index contributed by atoms with van der Waals surface area (Å²) in [6, 6.07) is 4.95. The number of aliphatic hydroxyl groups is 1. The molecule has 4 atom stereocenters. The fraction of sp³-hybridized carbons (Fsp3) is 0.710. The number of rotatable bonds is 20. The van der Waals surface area contributed by atoms with Crippen LogP contribution in [0.3, 0.4) is 0 Å². The lowest BCUT2D eigenvalue weighted by Crippen LogP contribution is -2.46. The van der Waals surface area contributed by atoms with E-state index >= 15 is 0 Å². The summed E-state index contributed by atoms with van der Waals surface area (Å²) in [5.41, 5.74) is 6.22. The van der Waals surface area contributed by atoms with Gasteiger partial charge in [-0.3, -0.25) is 9.59 Å². The molecule has 0 saturated heterocycles. The molecule has 0 spiro atoms. The first kappa shape index (κ1) is 40.1. The number of halogens is 3. The van der Waals surface area contributed by atoms with E-state index in [-0.39, 0.29) is 61.9 Å². The van der Waals surface area contributed by atoms with E-state index in [1.165, 1.54) is 25.3 Å². The zero-order valence-electron chi connectivity index (χ0n) is 27.1. The van der Waals surface area contributed by atoms with Gasteiger partial charge in [-0.2, -0.15) is 18.2 Å². The van der Waals surface area contributed by atoms with Crippen molar-refractivity contribution in [3.8, 4) is 5.75 Å². The van der Waals surface area contributed by atoms with Gasteiger partial charge in [-0.05, 0) is 49.1 Å².